The van der Waals surface area contributed by atoms with Crippen molar-refractivity contribution in [2.24, 2.45) is 0 Å². The Hall–Kier alpha value is -1.31. The van der Waals surface area contributed by atoms with Gasteiger partial charge in [-0.2, -0.15) is 0 Å². The first kappa shape index (κ1) is 9.78. The number of carbonyl (C=O) groups excluding carboxylic acids is 1. The molecule has 0 atom stereocenters. The topological polar surface area (TPSA) is 30.2 Å². The van der Waals surface area contributed by atoms with Gasteiger partial charge in [-0.25, -0.2) is 0 Å². The predicted molar refractivity (Wildman–Crippen MR) is 51.5 cm³/mol. The van der Waals surface area contributed by atoms with Crippen molar-refractivity contribution >= 4 is 5.78 Å². The van der Waals surface area contributed by atoms with E-state index in [1.54, 1.807) is 18.4 Å². The minimum absolute atomic E-state index is 0.189. The lowest BCUT2D eigenvalue weighted by Crippen LogP contribution is -1.93. The van der Waals surface area contributed by atoms with Crippen molar-refractivity contribution in [3.63, 3.8) is 0 Å². The number of ketones is 1. The van der Waals surface area contributed by atoms with Gasteiger partial charge in [-0.15, -0.1) is 0 Å². The van der Waals surface area contributed by atoms with Crippen molar-refractivity contribution in [1.82, 2.24) is 0 Å². The number of carbonyl (C=O) groups is 1. The summed E-state index contributed by atoms with van der Waals surface area (Å²) in [7, 11) is 0. The quantitative estimate of drug-likeness (QED) is 0.649. The molecule has 0 aliphatic carbocycles. The third kappa shape index (κ3) is 3.74. The molecule has 0 amide bonds. The smallest absolute Gasteiger partial charge is 0.155 e. The van der Waals surface area contributed by atoms with Gasteiger partial charge in [0.25, 0.3) is 0 Å². The van der Waals surface area contributed by atoms with Crippen LogP contribution in [0.15, 0.2) is 35.0 Å². The Bertz CT molecular complexity index is 270. The largest absolute Gasteiger partial charge is 0.469 e. The SMILES string of the molecule is C/C=C/C(=O)CCCc1ccco1. The average molecular weight is 178 g/mol. The zero-order chi connectivity index (χ0) is 9.52. The number of furan rings is 1. The summed E-state index contributed by atoms with van der Waals surface area (Å²) in [6.07, 6.45) is 7.35. The highest BCUT2D eigenvalue weighted by molar-refractivity contribution is 5.89. The van der Waals surface area contributed by atoms with E-state index in [4.69, 9.17) is 4.42 Å². The normalized spacial score (nSPS) is 10.8. The van der Waals surface area contributed by atoms with Crippen molar-refractivity contribution in [3.05, 3.63) is 36.3 Å². The summed E-state index contributed by atoms with van der Waals surface area (Å²) >= 11 is 0. The molecule has 0 spiro atoms. The van der Waals surface area contributed by atoms with Gasteiger partial charge < -0.3 is 4.42 Å². The molecule has 1 aromatic rings. The maximum absolute atomic E-state index is 11.1. The van der Waals surface area contributed by atoms with Gasteiger partial charge in [0.05, 0.1) is 6.26 Å². The molecule has 1 heterocycles. The lowest BCUT2D eigenvalue weighted by atomic mass is 10.1. The van der Waals surface area contributed by atoms with Crippen LogP contribution in [0.25, 0.3) is 0 Å². The van der Waals surface area contributed by atoms with E-state index < -0.39 is 0 Å². The molecule has 0 saturated carbocycles. The van der Waals surface area contributed by atoms with E-state index >= 15 is 0 Å². The first-order valence-electron chi connectivity index (χ1n) is 4.51. The average Bonchev–Trinajstić information content (AvgIpc) is 2.57. The first-order chi connectivity index (χ1) is 6.33. The summed E-state index contributed by atoms with van der Waals surface area (Å²) in [4.78, 5) is 11.1. The molecule has 13 heavy (non-hydrogen) atoms. The van der Waals surface area contributed by atoms with Crippen molar-refractivity contribution in [2.45, 2.75) is 26.2 Å². The van der Waals surface area contributed by atoms with Gasteiger partial charge in [0, 0.05) is 12.8 Å². The van der Waals surface area contributed by atoms with Crippen molar-refractivity contribution in [3.8, 4) is 0 Å². The van der Waals surface area contributed by atoms with Gasteiger partial charge in [0.15, 0.2) is 5.78 Å². The Labute approximate surface area is 78.3 Å². The van der Waals surface area contributed by atoms with Crippen LogP contribution < -0.4 is 0 Å². The number of aryl methyl sites for hydroxylation is 1. The summed E-state index contributed by atoms with van der Waals surface area (Å²) in [6.45, 7) is 1.85. The number of allylic oxidation sites excluding steroid dienone is 2. The Morgan fingerprint density at radius 1 is 1.62 bits per heavy atom. The molecule has 2 heteroatoms. The van der Waals surface area contributed by atoms with E-state index in [0.29, 0.717) is 6.42 Å². The fraction of sp³-hybridized carbons (Fsp3) is 0.364. The van der Waals surface area contributed by atoms with E-state index in [1.807, 2.05) is 19.1 Å². The number of hydrogen-bond donors (Lipinski definition) is 0. The second kappa shape index (κ2) is 5.36. The fourth-order valence-corrected chi connectivity index (χ4v) is 1.16. The van der Waals surface area contributed by atoms with Gasteiger partial charge in [0.1, 0.15) is 5.76 Å². The van der Waals surface area contributed by atoms with Gasteiger partial charge in [-0.1, -0.05) is 6.08 Å². The molecule has 0 unspecified atom stereocenters. The highest BCUT2D eigenvalue weighted by atomic mass is 16.3. The Morgan fingerprint density at radius 2 is 2.46 bits per heavy atom. The van der Waals surface area contributed by atoms with Crippen LogP contribution in [0.3, 0.4) is 0 Å². The maximum Gasteiger partial charge on any atom is 0.155 e. The van der Waals surface area contributed by atoms with E-state index in [-0.39, 0.29) is 5.78 Å². The Balaban J connectivity index is 2.18. The van der Waals surface area contributed by atoms with Crippen LogP contribution in [0, 0.1) is 0 Å². The summed E-state index contributed by atoms with van der Waals surface area (Å²) in [5.74, 6) is 1.14. The number of rotatable bonds is 5. The third-order valence-corrected chi connectivity index (χ3v) is 1.78. The standard InChI is InChI=1S/C11H14O2/c1-2-5-10(12)6-3-7-11-8-4-9-13-11/h2,4-5,8-9H,3,6-7H2,1H3/b5-2+. The molecule has 0 aliphatic rings. The van der Waals surface area contributed by atoms with Crippen molar-refractivity contribution in [2.75, 3.05) is 0 Å². The molecule has 0 aliphatic heterocycles. The molecular weight excluding hydrogens is 164 g/mol. The fourth-order valence-electron chi connectivity index (χ4n) is 1.16. The van der Waals surface area contributed by atoms with Crippen LogP contribution >= 0.6 is 0 Å². The zero-order valence-corrected chi connectivity index (χ0v) is 7.82. The molecule has 0 aromatic carbocycles. The zero-order valence-electron chi connectivity index (χ0n) is 7.82. The van der Waals surface area contributed by atoms with Gasteiger partial charge in [0.2, 0.25) is 0 Å². The first-order valence-corrected chi connectivity index (χ1v) is 4.51. The molecule has 70 valence electrons. The van der Waals surface area contributed by atoms with E-state index in [9.17, 15) is 4.79 Å². The van der Waals surface area contributed by atoms with Gasteiger partial charge in [-0.3, -0.25) is 4.79 Å². The van der Waals surface area contributed by atoms with Crippen LogP contribution in [0.1, 0.15) is 25.5 Å². The van der Waals surface area contributed by atoms with Gasteiger partial charge in [-0.05, 0) is 31.6 Å². The van der Waals surface area contributed by atoms with Crippen LogP contribution in [0.2, 0.25) is 0 Å². The lowest BCUT2D eigenvalue weighted by Gasteiger charge is -1.94. The highest BCUT2D eigenvalue weighted by Gasteiger charge is 1.98. The molecule has 0 saturated heterocycles. The molecule has 1 rings (SSSR count). The van der Waals surface area contributed by atoms with Crippen molar-refractivity contribution in [1.29, 1.82) is 0 Å². The van der Waals surface area contributed by atoms with E-state index in [1.165, 1.54) is 0 Å². The molecule has 2 nitrogen and oxygen atoms in total. The number of hydrogen-bond acceptors (Lipinski definition) is 2. The van der Waals surface area contributed by atoms with E-state index in [2.05, 4.69) is 0 Å². The predicted octanol–water partition coefficient (Wildman–Crippen LogP) is 2.75. The van der Waals surface area contributed by atoms with Crippen LogP contribution in [-0.2, 0) is 11.2 Å². The Morgan fingerprint density at radius 3 is 3.08 bits per heavy atom. The lowest BCUT2D eigenvalue weighted by molar-refractivity contribution is -0.114. The van der Waals surface area contributed by atoms with E-state index in [0.717, 1.165) is 18.6 Å². The van der Waals surface area contributed by atoms with Gasteiger partial charge >= 0.3 is 0 Å². The maximum atomic E-state index is 11.1. The second-order valence-corrected chi connectivity index (χ2v) is 2.90. The monoisotopic (exact) mass is 178 g/mol. The minimum atomic E-state index is 0.189. The van der Waals surface area contributed by atoms with Crippen molar-refractivity contribution < 1.29 is 9.21 Å². The minimum Gasteiger partial charge on any atom is -0.469 e. The molecule has 0 bridgehead atoms. The summed E-state index contributed by atoms with van der Waals surface area (Å²) < 4.78 is 5.15. The third-order valence-electron chi connectivity index (χ3n) is 1.78. The molecule has 0 N–H and O–H groups in total. The molecular formula is C11H14O2. The Kier molecular flexibility index (Phi) is 4.03. The second-order valence-electron chi connectivity index (χ2n) is 2.90. The molecule has 0 fully saturated rings. The van der Waals surface area contributed by atoms with Crippen LogP contribution in [-0.4, -0.2) is 5.78 Å². The van der Waals surface area contributed by atoms with Crippen LogP contribution in [0.5, 0.6) is 0 Å². The summed E-state index contributed by atoms with van der Waals surface area (Å²) in [6, 6.07) is 3.79. The molecule has 1 aromatic heterocycles. The molecule has 0 radical (unpaired) electrons. The summed E-state index contributed by atoms with van der Waals surface area (Å²) in [5.41, 5.74) is 0. The summed E-state index contributed by atoms with van der Waals surface area (Å²) in [5, 5.41) is 0. The highest BCUT2D eigenvalue weighted by Crippen LogP contribution is 2.05. The van der Waals surface area contributed by atoms with Crippen LogP contribution in [0.4, 0.5) is 0 Å².